The number of rotatable bonds is 1. The first-order valence-corrected chi connectivity index (χ1v) is 9.11. The standard InChI is InChI=1S/C22H14N2O4/c23-8-11-4-6-12(7-5-11)17-18-15(25)2-1-3-16(18)28-22-19(17)20(26)13-9-24-10-14(13)21(22)27/h4-7,9,17H,1-3,10H2. The van der Waals surface area contributed by atoms with Crippen molar-refractivity contribution in [1.29, 1.82) is 5.26 Å². The second-order valence-electron chi connectivity index (χ2n) is 7.15. The highest BCUT2D eigenvalue weighted by molar-refractivity contribution is 6.34. The van der Waals surface area contributed by atoms with Crippen molar-refractivity contribution < 1.29 is 19.1 Å². The molecule has 1 aromatic rings. The van der Waals surface area contributed by atoms with Crippen molar-refractivity contribution in [2.75, 3.05) is 6.54 Å². The highest BCUT2D eigenvalue weighted by atomic mass is 16.5. The number of benzene rings is 1. The number of hydrogen-bond donors (Lipinski definition) is 0. The second kappa shape index (κ2) is 5.96. The summed E-state index contributed by atoms with van der Waals surface area (Å²) in [5.41, 5.74) is 2.48. The summed E-state index contributed by atoms with van der Waals surface area (Å²) in [6, 6.07) is 8.82. The number of Topliss-reactive ketones (excluding diaryl/α,β-unsaturated/α-hetero) is 3. The fraction of sp³-hybridized carbons (Fsp3) is 0.227. The van der Waals surface area contributed by atoms with Crippen molar-refractivity contribution in [1.82, 2.24) is 0 Å². The van der Waals surface area contributed by atoms with Crippen LogP contribution in [0.5, 0.6) is 0 Å². The smallest absolute Gasteiger partial charge is 0.227 e. The molecule has 2 aliphatic heterocycles. The summed E-state index contributed by atoms with van der Waals surface area (Å²) < 4.78 is 5.88. The molecule has 0 saturated carbocycles. The molecule has 136 valence electrons. The number of carbonyl (C=O) groups is 3. The van der Waals surface area contributed by atoms with E-state index in [2.05, 4.69) is 11.1 Å². The first-order valence-electron chi connectivity index (χ1n) is 9.11. The van der Waals surface area contributed by atoms with Gasteiger partial charge in [0, 0.05) is 41.7 Å². The molecule has 0 saturated heterocycles. The maximum absolute atomic E-state index is 13.2. The minimum absolute atomic E-state index is 0.0251. The molecule has 0 fully saturated rings. The monoisotopic (exact) mass is 370 g/mol. The van der Waals surface area contributed by atoms with Gasteiger partial charge < -0.3 is 4.74 Å². The van der Waals surface area contributed by atoms with E-state index >= 15 is 0 Å². The van der Waals surface area contributed by atoms with Gasteiger partial charge in [0.2, 0.25) is 5.78 Å². The average Bonchev–Trinajstić information content (AvgIpc) is 3.21. The zero-order valence-electron chi connectivity index (χ0n) is 14.8. The molecule has 2 heterocycles. The van der Waals surface area contributed by atoms with Gasteiger partial charge in [0.25, 0.3) is 0 Å². The highest BCUT2D eigenvalue weighted by Crippen LogP contribution is 2.48. The number of carbonyl (C=O) groups excluding carboxylic acids is 3. The highest BCUT2D eigenvalue weighted by Gasteiger charge is 2.47. The van der Waals surface area contributed by atoms with Gasteiger partial charge >= 0.3 is 0 Å². The van der Waals surface area contributed by atoms with E-state index < -0.39 is 5.92 Å². The van der Waals surface area contributed by atoms with Crippen LogP contribution in [0.15, 0.2) is 63.1 Å². The number of nitrogens with zero attached hydrogens (tertiary/aromatic N) is 2. The Morgan fingerprint density at radius 1 is 1.04 bits per heavy atom. The predicted octanol–water partition coefficient (Wildman–Crippen LogP) is 2.47. The van der Waals surface area contributed by atoms with Gasteiger partial charge in [0.1, 0.15) is 5.76 Å². The fourth-order valence-corrected chi connectivity index (χ4v) is 4.27. The van der Waals surface area contributed by atoms with Gasteiger partial charge in [0.05, 0.1) is 23.8 Å². The number of hydrogen-bond acceptors (Lipinski definition) is 6. The first kappa shape index (κ1) is 16.6. The largest absolute Gasteiger partial charge is 0.457 e. The van der Waals surface area contributed by atoms with E-state index in [0.717, 1.165) is 0 Å². The zero-order valence-corrected chi connectivity index (χ0v) is 14.8. The molecule has 0 bridgehead atoms. The van der Waals surface area contributed by atoms with E-state index in [4.69, 9.17) is 10.00 Å². The normalized spacial score (nSPS) is 23.4. The predicted molar refractivity (Wildman–Crippen MR) is 98.3 cm³/mol. The third kappa shape index (κ3) is 2.20. The molecule has 0 N–H and O–H groups in total. The molecular formula is C22H14N2O4. The zero-order chi connectivity index (χ0) is 19.4. The van der Waals surface area contributed by atoms with Gasteiger partial charge in [-0.25, -0.2) is 0 Å². The molecule has 1 aromatic carbocycles. The molecule has 28 heavy (non-hydrogen) atoms. The molecule has 2 aliphatic carbocycles. The number of ether oxygens (including phenoxy) is 1. The fourth-order valence-electron chi connectivity index (χ4n) is 4.27. The van der Waals surface area contributed by atoms with Crippen molar-refractivity contribution in [3.05, 3.63) is 69.2 Å². The van der Waals surface area contributed by atoms with Crippen molar-refractivity contribution >= 4 is 23.6 Å². The lowest BCUT2D eigenvalue weighted by molar-refractivity contribution is -0.120. The Kier molecular flexibility index (Phi) is 3.53. The van der Waals surface area contributed by atoms with E-state index in [9.17, 15) is 14.4 Å². The van der Waals surface area contributed by atoms with Gasteiger partial charge in [-0.05, 0) is 24.1 Å². The van der Waals surface area contributed by atoms with Crippen LogP contribution in [-0.2, 0) is 19.1 Å². The third-order valence-corrected chi connectivity index (χ3v) is 5.59. The summed E-state index contributed by atoms with van der Waals surface area (Å²) >= 11 is 0. The molecule has 0 aromatic heterocycles. The topological polar surface area (TPSA) is 96.6 Å². The maximum atomic E-state index is 13.2. The van der Waals surface area contributed by atoms with Crippen LogP contribution < -0.4 is 0 Å². The van der Waals surface area contributed by atoms with Crippen molar-refractivity contribution in [3.63, 3.8) is 0 Å². The van der Waals surface area contributed by atoms with Crippen LogP contribution in [0.4, 0.5) is 0 Å². The van der Waals surface area contributed by atoms with Crippen LogP contribution in [0.25, 0.3) is 0 Å². The molecule has 6 heteroatoms. The maximum Gasteiger partial charge on any atom is 0.227 e. The quantitative estimate of drug-likeness (QED) is 0.708. The minimum Gasteiger partial charge on any atom is -0.457 e. The van der Waals surface area contributed by atoms with E-state index in [-0.39, 0.29) is 35.2 Å². The Bertz CT molecular complexity index is 1140. The SMILES string of the molecule is N#Cc1ccc(C2C3=C(CCCC3=O)OC3=C2C(=O)C2=C(CN=C2)C3=O)cc1. The summed E-state index contributed by atoms with van der Waals surface area (Å²) in [4.78, 5) is 43.1. The van der Waals surface area contributed by atoms with E-state index in [1.54, 1.807) is 24.3 Å². The van der Waals surface area contributed by atoms with Gasteiger partial charge in [-0.15, -0.1) is 0 Å². The number of allylic oxidation sites excluding steroid dienone is 5. The number of aliphatic imine (C=N–C) groups is 1. The van der Waals surface area contributed by atoms with Crippen LogP contribution in [0, 0.1) is 11.3 Å². The third-order valence-electron chi connectivity index (χ3n) is 5.59. The van der Waals surface area contributed by atoms with E-state index in [0.29, 0.717) is 52.9 Å². The van der Waals surface area contributed by atoms with Crippen LogP contribution in [0.3, 0.4) is 0 Å². The van der Waals surface area contributed by atoms with Gasteiger partial charge in [-0.1, -0.05) is 12.1 Å². The Labute approximate surface area is 160 Å². The van der Waals surface area contributed by atoms with Crippen molar-refractivity contribution in [2.45, 2.75) is 25.2 Å². The molecular weight excluding hydrogens is 356 g/mol. The van der Waals surface area contributed by atoms with Crippen LogP contribution >= 0.6 is 0 Å². The molecule has 5 rings (SSSR count). The molecule has 4 aliphatic rings. The molecule has 0 amide bonds. The van der Waals surface area contributed by atoms with Gasteiger partial charge in [0.15, 0.2) is 17.3 Å². The lowest BCUT2D eigenvalue weighted by atomic mass is 9.72. The Morgan fingerprint density at radius 2 is 1.82 bits per heavy atom. The molecule has 0 spiro atoms. The van der Waals surface area contributed by atoms with Crippen LogP contribution in [0.2, 0.25) is 0 Å². The molecule has 0 radical (unpaired) electrons. The Balaban J connectivity index is 1.72. The van der Waals surface area contributed by atoms with Gasteiger partial charge in [-0.3, -0.25) is 19.4 Å². The van der Waals surface area contributed by atoms with Crippen molar-refractivity contribution in [3.8, 4) is 6.07 Å². The van der Waals surface area contributed by atoms with Crippen molar-refractivity contribution in [2.24, 2.45) is 4.99 Å². The van der Waals surface area contributed by atoms with Crippen LogP contribution in [-0.4, -0.2) is 30.1 Å². The lowest BCUT2D eigenvalue weighted by Crippen LogP contribution is -2.34. The summed E-state index contributed by atoms with van der Waals surface area (Å²) in [7, 11) is 0. The molecule has 1 unspecified atom stereocenters. The minimum atomic E-state index is -0.668. The Hall–Kier alpha value is -3.59. The molecule has 1 atom stereocenters. The van der Waals surface area contributed by atoms with Crippen LogP contribution in [0.1, 0.15) is 36.3 Å². The average molecular weight is 370 g/mol. The van der Waals surface area contributed by atoms with Gasteiger partial charge in [-0.2, -0.15) is 5.26 Å². The van der Waals surface area contributed by atoms with E-state index in [1.165, 1.54) is 6.21 Å². The Morgan fingerprint density at radius 3 is 2.57 bits per heavy atom. The summed E-state index contributed by atoms with van der Waals surface area (Å²) in [5, 5.41) is 9.07. The number of ketones is 3. The van der Waals surface area contributed by atoms with E-state index in [1.807, 2.05) is 0 Å². The summed E-state index contributed by atoms with van der Waals surface area (Å²) in [5.74, 6) is -0.873. The molecule has 6 nitrogen and oxygen atoms in total. The first-order chi connectivity index (χ1) is 13.6. The summed E-state index contributed by atoms with van der Waals surface area (Å²) in [6.07, 6.45) is 3.02. The summed E-state index contributed by atoms with van der Waals surface area (Å²) in [6.45, 7) is 0.173. The number of nitriles is 1. The second-order valence-corrected chi connectivity index (χ2v) is 7.15. The lowest BCUT2D eigenvalue weighted by Gasteiger charge is -2.35.